The molecule has 1 heterocycles. The van der Waals surface area contributed by atoms with Crippen molar-refractivity contribution in [3.8, 4) is 0 Å². The second-order valence-electron chi connectivity index (χ2n) is 6.56. The van der Waals surface area contributed by atoms with Gasteiger partial charge in [0, 0.05) is 19.1 Å². The van der Waals surface area contributed by atoms with Crippen molar-refractivity contribution in [1.82, 2.24) is 4.90 Å². The van der Waals surface area contributed by atoms with Crippen LogP contribution < -0.4 is 0 Å². The van der Waals surface area contributed by atoms with Gasteiger partial charge in [-0.1, -0.05) is 23.3 Å². The van der Waals surface area contributed by atoms with Crippen molar-refractivity contribution in [1.29, 1.82) is 0 Å². The maximum Gasteiger partial charge on any atom is 0.0564 e. The Morgan fingerprint density at radius 1 is 1.15 bits per heavy atom. The maximum absolute atomic E-state index is 9.54. The van der Waals surface area contributed by atoms with Crippen LogP contribution in [-0.2, 0) is 0 Å². The van der Waals surface area contributed by atoms with Crippen molar-refractivity contribution >= 4 is 0 Å². The van der Waals surface area contributed by atoms with Crippen molar-refractivity contribution in [2.75, 3.05) is 13.1 Å². The van der Waals surface area contributed by atoms with Crippen molar-refractivity contribution in [3.63, 3.8) is 0 Å². The van der Waals surface area contributed by atoms with E-state index in [4.69, 9.17) is 0 Å². The minimum atomic E-state index is -0.0596. The van der Waals surface area contributed by atoms with Gasteiger partial charge in [-0.15, -0.1) is 0 Å². The number of hydrogen-bond donors (Lipinski definition) is 1. The van der Waals surface area contributed by atoms with Gasteiger partial charge in [0.05, 0.1) is 6.10 Å². The van der Waals surface area contributed by atoms with E-state index in [0.717, 1.165) is 25.9 Å². The Morgan fingerprint density at radius 3 is 2.40 bits per heavy atom. The summed E-state index contributed by atoms with van der Waals surface area (Å²) < 4.78 is 0. The molecule has 1 N–H and O–H groups in total. The second kappa shape index (κ2) is 9.36. The van der Waals surface area contributed by atoms with Crippen LogP contribution in [0.4, 0.5) is 0 Å². The molecule has 116 valence electrons. The van der Waals surface area contributed by atoms with Gasteiger partial charge < -0.3 is 10.0 Å². The molecule has 0 aromatic carbocycles. The predicted molar refractivity (Wildman–Crippen MR) is 87.9 cm³/mol. The van der Waals surface area contributed by atoms with Gasteiger partial charge in [0.2, 0.25) is 0 Å². The third-order valence-electron chi connectivity index (χ3n) is 4.29. The fraction of sp³-hybridized carbons (Fsp3) is 0.778. The number of aliphatic hydroxyl groups excluding tert-OH is 1. The molecule has 0 aromatic heterocycles. The lowest BCUT2D eigenvalue weighted by Gasteiger charge is -2.34. The molecule has 0 bridgehead atoms. The van der Waals surface area contributed by atoms with E-state index in [2.05, 4.69) is 44.7 Å². The Kier molecular flexibility index (Phi) is 8.16. The largest absolute Gasteiger partial charge is 0.393 e. The number of rotatable bonds is 7. The quantitative estimate of drug-likeness (QED) is 0.702. The van der Waals surface area contributed by atoms with Crippen molar-refractivity contribution < 1.29 is 5.11 Å². The van der Waals surface area contributed by atoms with Gasteiger partial charge in [0.15, 0.2) is 0 Å². The molecule has 0 radical (unpaired) electrons. The molecule has 2 heteroatoms. The van der Waals surface area contributed by atoms with Gasteiger partial charge >= 0.3 is 0 Å². The van der Waals surface area contributed by atoms with Crippen LogP contribution >= 0.6 is 0 Å². The Balaban J connectivity index is 2.20. The summed E-state index contributed by atoms with van der Waals surface area (Å²) in [5.41, 5.74) is 2.93. The second-order valence-corrected chi connectivity index (χ2v) is 6.56. The van der Waals surface area contributed by atoms with Crippen LogP contribution in [0.25, 0.3) is 0 Å². The maximum atomic E-state index is 9.54. The third-order valence-corrected chi connectivity index (χ3v) is 4.29. The lowest BCUT2D eigenvalue weighted by Crippen LogP contribution is -2.41. The van der Waals surface area contributed by atoms with E-state index in [1.807, 2.05) is 0 Å². The van der Waals surface area contributed by atoms with Crippen molar-refractivity contribution in [3.05, 3.63) is 23.3 Å². The number of piperidine rings is 1. The Morgan fingerprint density at radius 2 is 1.80 bits per heavy atom. The Bertz CT molecular complexity index is 320. The van der Waals surface area contributed by atoms with Crippen LogP contribution in [0.15, 0.2) is 23.3 Å². The monoisotopic (exact) mass is 279 g/mol. The molecule has 1 aliphatic heterocycles. The van der Waals surface area contributed by atoms with E-state index in [-0.39, 0.29) is 6.10 Å². The van der Waals surface area contributed by atoms with Crippen LogP contribution in [0, 0.1) is 0 Å². The van der Waals surface area contributed by atoms with Crippen molar-refractivity contribution in [2.24, 2.45) is 0 Å². The molecule has 1 unspecified atom stereocenters. The zero-order chi connectivity index (χ0) is 15.0. The lowest BCUT2D eigenvalue weighted by molar-refractivity contribution is 0.0630. The van der Waals surface area contributed by atoms with E-state index in [9.17, 15) is 5.11 Å². The molecule has 0 aliphatic carbocycles. The van der Waals surface area contributed by atoms with E-state index in [1.165, 1.54) is 36.8 Å². The van der Waals surface area contributed by atoms with Gasteiger partial charge in [0.1, 0.15) is 0 Å². The third kappa shape index (κ3) is 7.25. The highest BCUT2D eigenvalue weighted by atomic mass is 16.3. The normalized spacial score (nSPS) is 19.9. The van der Waals surface area contributed by atoms with Crippen LogP contribution in [0.1, 0.15) is 66.2 Å². The van der Waals surface area contributed by atoms with E-state index < -0.39 is 0 Å². The average Bonchev–Trinajstić information content (AvgIpc) is 2.39. The minimum Gasteiger partial charge on any atom is -0.393 e. The molecule has 2 nitrogen and oxygen atoms in total. The fourth-order valence-corrected chi connectivity index (χ4v) is 2.77. The number of allylic oxidation sites excluding steroid dienone is 4. The predicted octanol–water partition coefficient (Wildman–Crippen LogP) is 4.30. The molecule has 0 saturated carbocycles. The standard InChI is InChI=1S/C18H33NO/c1-15(2)7-5-8-16(3)9-6-10-17(4)19-13-11-18(20)12-14-19/h7,9,17-18,20H,5-6,8,10-14H2,1-4H3/b16-9+. The first-order valence-electron chi connectivity index (χ1n) is 8.20. The number of likely N-dealkylation sites (tertiary alicyclic amines) is 1. The van der Waals surface area contributed by atoms with Gasteiger partial charge in [0.25, 0.3) is 0 Å². The van der Waals surface area contributed by atoms with Crippen LogP contribution in [0.3, 0.4) is 0 Å². The summed E-state index contributed by atoms with van der Waals surface area (Å²) >= 11 is 0. The van der Waals surface area contributed by atoms with Crippen LogP contribution in [-0.4, -0.2) is 35.2 Å². The molecule has 0 spiro atoms. The van der Waals surface area contributed by atoms with Gasteiger partial charge in [-0.3, -0.25) is 0 Å². The Hall–Kier alpha value is -0.600. The summed E-state index contributed by atoms with van der Waals surface area (Å²) in [6, 6.07) is 0.643. The summed E-state index contributed by atoms with van der Waals surface area (Å²) in [5.74, 6) is 0. The molecule has 1 rings (SSSR count). The molecule has 0 amide bonds. The summed E-state index contributed by atoms with van der Waals surface area (Å²) in [6.07, 6.45) is 11.3. The van der Waals surface area contributed by atoms with E-state index in [0.29, 0.717) is 6.04 Å². The summed E-state index contributed by atoms with van der Waals surface area (Å²) in [6.45, 7) is 11.0. The minimum absolute atomic E-state index is 0.0596. The molecule has 1 saturated heterocycles. The SMILES string of the molecule is CC(C)=CCC/C(C)=C/CCC(C)N1CCC(O)CC1. The summed E-state index contributed by atoms with van der Waals surface area (Å²) in [4.78, 5) is 2.53. The average molecular weight is 279 g/mol. The Labute approximate surface area is 125 Å². The fourth-order valence-electron chi connectivity index (χ4n) is 2.77. The highest BCUT2D eigenvalue weighted by Gasteiger charge is 2.20. The molecule has 20 heavy (non-hydrogen) atoms. The van der Waals surface area contributed by atoms with Crippen molar-refractivity contribution in [2.45, 2.75) is 78.4 Å². The molecule has 1 aliphatic rings. The smallest absolute Gasteiger partial charge is 0.0564 e. The van der Waals surface area contributed by atoms with Gasteiger partial charge in [-0.2, -0.15) is 0 Å². The number of nitrogens with zero attached hydrogens (tertiary/aromatic N) is 1. The van der Waals surface area contributed by atoms with Crippen LogP contribution in [0.5, 0.6) is 0 Å². The summed E-state index contributed by atoms with van der Waals surface area (Å²) in [7, 11) is 0. The summed E-state index contributed by atoms with van der Waals surface area (Å²) in [5, 5.41) is 9.54. The molecule has 0 aromatic rings. The molecule has 1 fully saturated rings. The van der Waals surface area contributed by atoms with Gasteiger partial charge in [-0.25, -0.2) is 0 Å². The zero-order valence-electron chi connectivity index (χ0n) is 13.9. The zero-order valence-corrected chi connectivity index (χ0v) is 13.9. The number of aliphatic hydroxyl groups is 1. The first-order chi connectivity index (χ1) is 9.49. The topological polar surface area (TPSA) is 23.5 Å². The first kappa shape index (κ1) is 17.5. The van der Waals surface area contributed by atoms with E-state index >= 15 is 0 Å². The van der Waals surface area contributed by atoms with E-state index in [1.54, 1.807) is 0 Å². The first-order valence-corrected chi connectivity index (χ1v) is 8.20. The number of hydrogen-bond acceptors (Lipinski definition) is 2. The molecular weight excluding hydrogens is 246 g/mol. The lowest BCUT2D eigenvalue weighted by atomic mass is 10.0. The van der Waals surface area contributed by atoms with Gasteiger partial charge in [-0.05, 0) is 66.2 Å². The highest BCUT2D eigenvalue weighted by molar-refractivity contribution is 5.02. The highest BCUT2D eigenvalue weighted by Crippen LogP contribution is 2.17. The van der Waals surface area contributed by atoms with Crippen LogP contribution in [0.2, 0.25) is 0 Å². The molecular formula is C18H33NO. The molecule has 1 atom stereocenters.